The normalized spacial score (nSPS) is 14.0. The summed E-state index contributed by atoms with van der Waals surface area (Å²) in [5, 5.41) is 6.82. The van der Waals surface area contributed by atoms with Gasteiger partial charge in [0, 0.05) is 31.6 Å². The zero-order valence-electron chi connectivity index (χ0n) is 12.8. The summed E-state index contributed by atoms with van der Waals surface area (Å²) >= 11 is 0. The summed E-state index contributed by atoms with van der Waals surface area (Å²) in [6, 6.07) is 7.07. The number of nitrogens with zero attached hydrogens (tertiary/aromatic N) is 4. The van der Waals surface area contributed by atoms with E-state index in [-0.39, 0.29) is 11.8 Å². The monoisotopic (exact) mass is 313 g/mol. The van der Waals surface area contributed by atoms with Crippen LogP contribution in [0, 0.1) is 0 Å². The lowest BCUT2D eigenvalue weighted by Gasteiger charge is -2.15. The van der Waals surface area contributed by atoms with Crippen LogP contribution in [0.3, 0.4) is 0 Å². The minimum atomic E-state index is -0.177. The van der Waals surface area contributed by atoms with Crippen molar-refractivity contribution in [2.24, 2.45) is 0 Å². The number of amides is 2. The number of carbonyl (C=O) groups excluding carboxylic acids is 2. The van der Waals surface area contributed by atoms with E-state index in [0.717, 1.165) is 31.6 Å². The van der Waals surface area contributed by atoms with E-state index in [2.05, 4.69) is 15.4 Å². The maximum atomic E-state index is 12.1. The number of aromatic nitrogens is 3. The Morgan fingerprint density at radius 3 is 2.52 bits per heavy atom. The van der Waals surface area contributed by atoms with Gasteiger partial charge in [0.1, 0.15) is 12.7 Å². The van der Waals surface area contributed by atoms with Gasteiger partial charge in [0.25, 0.3) is 5.91 Å². The number of likely N-dealkylation sites (tertiary alicyclic amines) is 1. The standard InChI is InChI=1S/C16H19N5O2/c22-15(20-9-1-2-10-20)7-8-18-16(23)13-3-5-14(6-4-13)21-12-17-11-19-21/h3-6,11-12H,1-2,7-10H2,(H,18,23). The van der Waals surface area contributed by atoms with Crippen molar-refractivity contribution in [3.63, 3.8) is 0 Å². The van der Waals surface area contributed by atoms with E-state index in [1.54, 1.807) is 35.3 Å². The van der Waals surface area contributed by atoms with Crippen LogP contribution < -0.4 is 5.32 Å². The second-order valence-electron chi connectivity index (χ2n) is 5.48. The largest absolute Gasteiger partial charge is 0.352 e. The molecular formula is C16H19N5O2. The second-order valence-corrected chi connectivity index (χ2v) is 5.48. The smallest absolute Gasteiger partial charge is 0.251 e. The third kappa shape index (κ3) is 3.74. The van der Waals surface area contributed by atoms with E-state index in [1.165, 1.54) is 6.33 Å². The van der Waals surface area contributed by atoms with Crippen LogP contribution in [0.4, 0.5) is 0 Å². The highest BCUT2D eigenvalue weighted by Crippen LogP contribution is 2.09. The van der Waals surface area contributed by atoms with Gasteiger partial charge in [-0.3, -0.25) is 9.59 Å². The molecule has 0 atom stereocenters. The molecule has 2 aromatic rings. The summed E-state index contributed by atoms with van der Waals surface area (Å²) in [6.07, 6.45) is 5.56. The predicted molar refractivity (Wildman–Crippen MR) is 84.1 cm³/mol. The summed E-state index contributed by atoms with van der Waals surface area (Å²) < 4.78 is 1.62. The van der Waals surface area contributed by atoms with Gasteiger partial charge in [0.15, 0.2) is 0 Å². The van der Waals surface area contributed by atoms with Crippen LogP contribution in [0.5, 0.6) is 0 Å². The Kier molecular flexibility index (Phi) is 4.65. The Labute approximate surface area is 134 Å². The molecule has 0 radical (unpaired) electrons. The second kappa shape index (κ2) is 7.04. The number of benzene rings is 1. The zero-order chi connectivity index (χ0) is 16.1. The number of nitrogens with one attached hydrogen (secondary N) is 1. The summed E-state index contributed by atoms with van der Waals surface area (Å²) in [5.41, 5.74) is 1.39. The summed E-state index contributed by atoms with van der Waals surface area (Å²) in [4.78, 5) is 29.7. The molecule has 1 saturated heterocycles. The number of rotatable bonds is 5. The van der Waals surface area contributed by atoms with Crippen LogP contribution in [0.1, 0.15) is 29.6 Å². The molecule has 1 aliphatic heterocycles. The van der Waals surface area contributed by atoms with Gasteiger partial charge in [-0.1, -0.05) is 0 Å². The summed E-state index contributed by atoms with van der Waals surface area (Å²) in [6.45, 7) is 2.05. The maximum Gasteiger partial charge on any atom is 0.251 e. The van der Waals surface area contributed by atoms with E-state index >= 15 is 0 Å². The highest BCUT2D eigenvalue weighted by atomic mass is 16.2. The minimum Gasteiger partial charge on any atom is -0.352 e. The molecule has 2 heterocycles. The first-order chi connectivity index (χ1) is 11.2. The van der Waals surface area contributed by atoms with Crippen molar-refractivity contribution >= 4 is 11.8 Å². The van der Waals surface area contributed by atoms with Crippen LogP contribution in [0.15, 0.2) is 36.9 Å². The van der Waals surface area contributed by atoms with E-state index in [4.69, 9.17) is 0 Å². The Bertz CT molecular complexity index is 660. The predicted octanol–water partition coefficient (Wildman–Crippen LogP) is 1.01. The molecule has 1 aromatic heterocycles. The Morgan fingerprint density at radius 1 is 1.13 bits per heavy atom. The topological polar surface area (TPSA) is 80.1 Å². The van der Waals surface area contributed by atoms with Crippen LogP contribution >= 0.6 is 0 Å². The molecule has 23 heavy (non-hydrogen) atoms. The van der Waals surface area contributed by atoms with E-state index in [9.17, 15) is 9.59 Å². The van der Waals surface area contributed by atoms with Gasteiger partial charge >= 0.3 is 0 Å². The van der Waals surface area contributed by atoms with Crippen LogP contribution in [0.25, 0.3) is 5.69 Å². The van der Waals surface area contributed by atoms with Crippen molar-refractivity contribution in [3.8, 4) is 5.69 Å². The molecule has 0 saturated carbocycles. The molecule has 0 spiro atoms. The van der Waals surface area contributed by atoms with Crippen LogP contribution in [-0.4, -0.2) is 51.1 Å². The molecule has 7 heteroatoms. The van der Waals surface area contributed by atoms with Gasteiger partial charge in [-0.05, 0) is 37.1 Å². The molecule has 0 unspecified atom stereocenters. The Morgan fingerprint density at radius 2 is 1.87 bits per heavy atom. The van der Waals surface area contributed by atoms with E-state index in [0.29, 0.717) is 18.5 Å². The first-order valence-electron chi connectivity index (χ1n) is 7.75. The third-order valence-corrected chi connectivity index (χ3v) is 3.90. The maximum absolute atomic E-state index is 12.1. The summed E-state index contributed by atoms with van der Waals surface area (Å²) in [7, 11) is 0. The molecule has 7 nitrogen and oxygen atoms in total. The summed E-state index contributed by atoms with van der Waals surface area (Å²) in [5.74, 6) is -0.0614. The molecule has 1 fully saturated rings. The lowest BCUT2D eigenvalue weighted by atomic mass is 10.2. The third-order valence-electron chi connectivity index (χ3n) is 3.90. The van der Waals surface area contributed by atoms with Crippen molar-refractivity contribution in [2.75, 3.05) is 19.6 Å². The first-order valence-corrected chi connectivity index (χ1v) is 7.75. The van der Waals surface area contributed by atoms with Gasteiger partial charge in [0.05, 0.1) is 5.69 Å². The van der Waals surface area contributed by atoms with Crippen LogP contribution in [0.2, 0.25) is 0 Å². The molecule has 2 amide bonds. The van der Waals surface area contributed by atoms with E-state index < -0.39 is 0 Å². The molecule has 0 bridgehead atoms. The fourth-order valence-electron chi connectivity index (χ4n) is 2.62. The number of carbonyl (C=O) groups is 2. The molecule has 0 aliphatic carbocycles. The van der Waals surface area contributed by atoms with Crippen molar-refractivity contribution in [3.05, 3.63) is 42.5 Å². The van der Waals surface area contributed by atoms with Crippen LogP contribution in [-0.2, 0) is 4.79 Å². The van der Waals surface area contributed by atoms with Gasteiger partial charge in [-0.25, -0.2) is 9.67 Å². The van der Waals surface area contributed by atoms with Crippen molar-refractivity contribution in [1.82, 2.24) is 25.0 Å². The van der Waals surface area contributed by atoms with Gasteiger partial charge in [-0.15, -0.1) is 0 Å². The first kappa shape index (κ1) is 15.2. The minimum absolute atomic E-state index is 0.115. The Balaban J connectivity index is 1.49. The highest BCUT2D eigenvalue weighted by Gasteiger charge is 2.17. The molecule has 1 N–H and O–H groups in total. The van der Waals surface area contributed by atoms with Crippen molar-refractivity contribution < 1.29 is 9.59 Å². The van der Waals surface area contributed by atoms with Gasteiger partial charge in [-0.2, -0.15) is 5.10 Å². The molecule has 1 aliphatic rings. The fourth-order valence-corrected chi connectivity index (χ4v) is 2.62. The lowest BCUT2D eigenvalue weighted by molar-refractivity contribution is -0.129. The van der Waals surface area contributed by atoms with Gasteiger partial charge in [0.2, 0.25) is 5.91 Å². The van der Waals surface area contributed by atoms with Gasteiger partial charge < -0.3 is 10.2 Å². The SMILES string of the molecule is O=C(NCCC(=O)N1CCCC1)c1ccc(-n2cncn2)cc1. The molecule has 120 valence electrons. The lowest BCUT2D eigenvalue weighted by Crippen LogP contribution is -2.32. The Hall–Kier alpha value is -2.70. The number of hydrogen-bond donors (Lipinski definition) is 1. The quantitative estimate of drug-likeness (QED) is 0.893. The molecule has 1 aromatic carbocycles. The average molecular weight is 313 g/mol. The molecular weight excluding hydrogens is 294 g/mol. The van der Waals surface area contributed by atoms with Crippen molar-refractivity contribution in [2.45, 2.75) is 19.3 Å². The fraction of sp³-hybridized carbons (Fsp3) is 0.375. The van der Waals surface area contributed by atoms with Crippen molar-refractivity contribution in [1.29, 1.82) is 0 Å². The van der Waals surface area contributed by atoms with E-state index in [1.807, 2.05) is 4.90 Å². The zero-order valence-corrected chi connectivity index (χ0v) is 12.8. The molecule has 3 rings (SSSR count). The number of hydrogen-bond acceptors (Lipinski definition) is 4. The average Bonchev–Trinajstić information content (AvgIpc) is 3.28. The highest BCUT2D eigenvalue weighted by molar-refractivity contribution is 5.94.